The summed E-state index contributed by atoms with van der Waals surface area (Å²) in [6, 6.07) is 0. The average Bonchev–Trinajstić information content (AvgIpc) is 3.15. The van der Waals surface area contributed by atoms with Gasteiger partial charge in [0, 0.05) is 35.1 Å². The van der Waals surface area contributed by atoms with Crippen molar-refractivity contribution >= 4 is 32.3 Å². The van der Waals surface area contributed by atoms with E-state index < -0.39 is 28.5 Å². The Morgan fingerprint density at radius 3 is 2.66 bits per heavy atom. The zero-order valence-corrected chi connectivity index (χ0v) is 21.2. The summed E-state index contributed by atoms with van der Waals surface area (Å²) in [4.78, 5) is 26.9. The van der Waals surface area contributed by atoms with Crippen LogP contribution >= 0.6 is 22.6 Å². The molecule has 176 valence electrons. The lowest BCUT2D eigenvalue weighted by Gasteiger charge is -2.44. The summed E-state index contributed by atoms with van der Waals surface area (Å²) in [5.41, 5.74) is -0.291. The van der Waals surface area contributed by atoms with Crippen LogP contribution in [0.2, 0.25) is 0 Å². The van der Waals surface area contributed by atoms with Crippen molar-refractivity contribution in [3.05, 3.63) is 23.8 Å². The number of aliphatic hydroxyl groups excluding tert-OH is 1. The van der Waals surface area contributed by atoms with Gasteiger partial charge in [0.1, 0.15) is 0 Å². The lowest BCUT2D eigenvalue weighted by Crippen LogP contribution is -2.53. The molecule has 0 aliphatic heterocycles. The first-order chi connectivity index (χ1) is 15.1. The highest BCUT2D eigenvalue weighted by Crippen LogP contribution is 2.73. The predicted molar refractivity (Wildman–Crippen MR) is 131 cm³/mol. The molecule has 4 saturated carbocycles. The van der Waals surface area contributed by atoms with Crippen LogP contribution in [0.15, 0.2) is 23.8 Å². The molecular formula is C26H36INO4. The highest BCUT2D eigenvalue weighted by Gasteiger charge is 2.72. The van der Waals surface area contributed by atoms with E-state index in [1.54, 1.807) is 0 Å². The van der Waals surface area contributed by atoms with Crippen molar-refractivity contribution in [2.24, 2.45) is 34.5 Å². The summed E-state index contributed by atoms with van der Waals surface area (Å²) in [5, 5.41) is 25.6. The van der Waals surface area contributed by atoms with Gasteiger partial charge in [-0.25, -0.2) is 0 Å². The van der Waals surface area contributed by atoms with Crippen molar-refractivity contribution in [3.63, 3.8) is 0 Å². The molecule has 5 rings (SSSR count). The molecule has 4 fully saturated rings. The number of rotatable bonds is 4. The molecule has 32 heavy (non-hydrogen) atoms. The van der Waals surface area contributed by atoms with Gasteiger partial charge < -0.3 is 15.5 Å². The van der Waals surface area contributed by atoms with Crippen molar-refractivity contribution in [3.8, 4) is 0 Å². The van der Waals surface area contributed by atoms with E-state index in [1.165, 1.54) is 24.8 Å². The van der Waals surface area contributed by atoms with Crippen LogP contribution in [-0.2, 0) is 9.59 Å². The summed E-state index contributed by atoms with van der Waals surface area (Å²) >= 11 is 1.82. The lowest BCUT2D eigenvalue weighted by atomic mass is 9.60. The fourth-order valence-electron chi connectivity index (χ4n) is 8.23. The molecule has 5 aliphatic carbocycles. The molecule has 0 saturated heterocycles. The predicted octanol–water partition coefficient (Wildman–Crippen LogP) is 4.07. The van der Waals surface area contributed by atoms with Gasteiger partial charge in [-0.2, -0.15) is 0 Å². The van der Waals surface area contributed by atoms with Gasteiger partial charge in [-0.15, -0.1) is 0 Å². The van der Waals surface area contributed by atoms with E-state index in [0.717, 1.165) is 24.8 Å². The van der Waals surface area contributed by atoms with E-state index in [0.29, 0.717) is 38.1 Å². The van der Waals surface area contributed by atoms with Crippen LogP contribution in [0.5, 0.6) is 0 Å². The Bertz CT molecular complexity index is 879. The maximum atomic E-state index is 14.0. The molecule has 5 aliphatic rings. The molecule has 1 spiro atoms. The molecule has 6 heteroatoms. The normalized spacial score (nSPS) is 45.8. The van der Waals surface area contributed by atoms with Crippen molar-refractivity contribution in [1.82, 2.24) is 5.32 Å². The second-order valence-electron chi connectivity index (χ2n) is 11.5. The van der Waals surface area contributed by atoms with Crippen LogP contribution in [0.25, 0.3) is 0 Å². The third kappa shape index (κ3) is 3.14. The van der Waals surface area contributed by atoms with Crippen molar-refractivity contribution in [2.75, 3.05) is 6.54 Å². The minimum atomic E-state index is -0.994. The summed E-state index contributed by atoms with van der Waals surface area (Å²) < 4.78 is -0.0783. The van der Waals surface area contributed by atoms with E-state index in [4.69, 9.17) is 0 Å². The van der Waals surface area contributed by atoms with Crippen LogP contribution in [0.1, 0.15) is 71.1 Å². The fourth-order valence-corrected chi connectivity index (χ4v) is 8.92. The van der Waals surface area contributed by atoms with Crippen LogP contribution in [0.4, 0.5) is 0 Å². The summed E-state index contributed by atoms with van der Waals surface area (Å²) in [6.07, 6.45) is 10.5. The van der Waals surface area contributed by atoms with Gasteiger partial charge in [0.15, 0.2) is 0 Å². The van der Waals surface area contributed by atoms with Crippen molar-refractivity contribution in [1.29, 1.82) is 0 Å². The third-order valence-electron chi connectivity index (χ3n) is 9.99. The van der Waals surface area contributed by atoms with Crippen LogP contribution in [0, 0.1) is 34.5 Å². The zero-order valence-electron chi connectivity index (χ0n) is 19.0. The van der Waals surface area contributed by atoms with Gasteiger partial charge in [-0.05, 0) is 74.7 Å². The first-order valence-electron chi connectivity index (χ1n) is 12.4. The Balaban J connectivity index is 1.55. The highest BCUT2D eigenvalue weighted by molar-refractivity contribution is 14.1. The topological polar surface area (TPSA) is 86.6 Å². The maximum absolute atomic E-state index is 14.0. The Labute approximate surface area is 204 Å². The smallest absolute Gasteiger partial charge is 0.224 e. The van der Waals surface area contributed by atoms with Gasteiger partial charge in [-0.3, -0.25) is 9.59 Å². The number of hydrogen-bond donors (Lipinski definition) is 3. The van der Waals surface area contributed by atoms with Gasteiger partial charge in [0.2, 0.25) is 9.70 Å². The van der Waals surface area contributed by atoms with Crippen LogP contribution in [0.3, 0.4) is 0 Å². The quantitative estimate of drug-likeness (QED) is 0.279. The molecule has 0 radical (unpaired) electrons. The zero-order chi connectivity index (χ0) is 22.9. The monoisotopic (exact) mass is 553 g/mol. The molecule has 0 aromatic rings. The van der Waals surface area contributed by atoms with Gasteiger partial charge in [0.05, 0.1) is 23.0 Å². The number of carbonyl (C=O) groups is 2. The average molecular weight is 553 g/mol. The fraction of sp³-hybridized carbons (Fsp3) is 0.769. The Morgan fingerprint density at radius 2 is 1.97 bits per heavy atom. The minimum Gasteiger partial charge on any atom is -0.392 e. The lowest BCUT2D eigenvalue weighted by molar-refractivity contribution is -0.140. The second-order valence-corrected chi connectivity index (χ2v) is 12.5. The number of fused-ring (bicyclic) bond motifs is 3. The molecular weight excluding hydrogens is 517 g/mol. The molecule has 0 aromatic heterocycles. The molecule has 2 bridgehead atoms. The Kier molecular flexibility index (Phi) is 5.69. The summed E-state index contributed by atoms with van der Waals surface area (Å²) in [5.74, 6) is -0.0490. The van der Waals surface area contributed by atoms with E-state index in [-0.39, 0.29) is 21.5 Å². The number of aliphatic hydroxyl groups is 2. The van der Waals surface area contributed by atoms with Crippen LogP contribution in [-0.4, -0.2) is 38.2 Å². The van der Waals surface area contributed by atoms with Crippen LogP contribution < -0.4 is 5.32 Å². The molecule has 3 N–H and O–H groups in total. The van der Waals surface area contributed by atoms with Crippen molar-refractivity contribution in [2.45, 2.75) is 82.8 Å². The minimum absolute atomic E-state index is 0.00546. The summed E-state index contributed by atoms with van der Waals surface area (Å²) in [6.45, 7) is 6.76. The van der Waals surface area contributed by atoms with E-state index in [1.807, 2.05) is 29.5 Å². The number of allylic oxidation sites excluding steroid dienone is 1. The standard InChI is InChI=1S/C26H36INO4/c1-15-12-25-14-26(15,32)11-10-18(25)17-8-9-19(29)24(2,23(27)31)20(17)21(25)22(30)28-13-16-6-4-3-5-7-16/h8,16,18-21,29,32H,1,3-7,9-14H2,2H3,(H,28,30)/t18-,19-,20+,21+,24+,25-,26-/m0/s1. The Hall–Kier alpha value is -0.730. The molecule has 0 heterocycles. The Morgan fingerprint density at radius 1 is 1.25 bits per heavy atom. The largest absolute Gasteiger partial charge is 0.392 e. The number of carbonyl (C=O) groups excluding carboxylic acids is 2. The van der Waals surface area contributed by atoms with Crippen molar-refractivity contribution < 1.29 is 19.8 Å². The second kappa shape index (κ2) is 7.91. The molecule has 0 aromatic carbocycles. The molecule has 5 nitrogen and oxygen atoms in total. The number of hydrogen-bond acceptors (Lipinski definition) is 4. The first-order valence-corrected chi connectivity index (χ1v) is 13.5. The first kappa shape index (κ1) is 23.0. The molecule has 0 unspecified atom stereocenters. The third-order valence-corrected chi connectivity index (χ3v) is 11.1. The van der Waals surface area contributed by atoms with E-state index >= 15 is 0 Å². The van der Waals surface area contributed by atoms with Gasteiger partial charge in [-0.1, -0.05) is 37.5 Å². The SMILES string of the molecule is C=C1C[C@]23C[C@@]1(O)CC[C@H]2C1=CC[C@H](O)[C@@](C)(C(=O)I)[C@H]1[C@@H]3C(=O)NCC1CCCCC1. The molecule has 1 amide bonds. The number of nitrogens with one attached hydrogen (secondary N) is 1. The maximum Gasteiger partial charge on any atom is 0.224 e. The number of halogens is 1. The highest BCUT2D eigenvalue weighted by atomic mass is 127. The van der Waals surface area contributed by atoms with Gasteiger partial charge in [0.25, 0.3) is 0 Å². The van der Waals surface area contributed by atoms with E-state index in [2.05, 4.69) is 18.0 Å². The van der Waals surface area contributed by atoms with E-state index in [9.17, 15) is 19.8 Å². The summed E-state index contributed by atoms with van der Waals surface area (Å²) in [7, 11) is 0. The van der Waals surface area contributed by atoms with Gasteiger partial charge >= 0.3 is 0 Å². The molecule has 7 atom stereocenters. The number of amides is 1.